The van der Waals surface area contributed by atoms with Crippen molar-refractivity contribution in [3.05, 3.63) is 158 Å². The van der Waals surface area contributed by atoms with Gasteiger partial charge in [0.25, 0.3) is 7.82 Å². The first-order valence-electron chi connectivity index (χ1n) is 27.8. The Labute approximate surface area is 441 Å². The van der Waals surface area contributed by atoms with Gasteiger partial charge >= 0.3 is 0 Å². The van der Waals surface area contributed by atoms with E-state index in [0.717, 1.165) is 109 Å². The zero-order chi connectivity index (χ0) is 52.7. The SMILES string of the molecule is CC/C=C\C/C=C\C/C=C\C/C=C\C/C=C\C/C=C\C/C=C\C/C=C\C/C=C\C/C=C\C/C=C\C/C=C\CCCCC(=O)NC(COP(=O)([O-])OCC[N+](C)(C)C)C(O)/C=C/CCCCCCCCCCC. The number of unbranched alkanes of at least 4 members (excludes halogenated alkanes) is 11. The van der Waals surface area contributed by atoms with Crippen LogP contribution in [-0.2, 0) is 18.4 Å². The first-order chi connectivity index (χ1) is 35.0. The highest BCUT2D eigenvalue weighted by atomic mass is 31.2. The van der Waals surface area contributed by atoms with Gasteiger partial charge in [-0.05, 0) is 109 Å². The maximum atomic E-state index is 12.9. The Morgan fingerprint density at radius 2 is 0.847 bits per heavy atom. The minimum absolute atomic E-state index is 0.0185. The number of aliphatic hydroxyl groups is 1. The first-order valence-corrected chi connectivity index (χ1v) is 29.3. The van der Waals surface area contributed by atoms with Gasteiger partial charge in [0.1, 0.15) is 13.2 Å². The van der Waals surface area contributed by atoms with Crippen molar-refractivity contribution in [2.45, 2.75) is 193 Å². The summed E-state index contributed by atoms with van der Waals surface area (Å²) in [6, 6.07) is -0.920. The van der Waals surface area contributed by atoms with E-state index in [1.54, 1.807) is 6.08 Å². The fourth-order valence-electron chi connectivity index (χ4n) is 6.90. The number of carbonyl (C=O) groups excluding carboxylic acids is 1. The molecule has 0 aliphatic rings. The molecule has 3 atom stereocenters. The molecule has 0 fully saturated rings. The minimum atomic E-state index is -4.61. The molecule has 0 aromatic carbocycles. The fraction of sp³-hybridized carbons (Fsp3) is 0.571. The molecule has 0 rings (SSSR count). The monoisotopic (exact) mass is 1010 g/mol. The van der Waals surface area contributed by atoms with E-state index in [-0.39, 0.29) is 18.9 Å². The maximum absolute atomic E-state index is 12.9. The van der Waals surface area contributed by atoms with Crippen LogP contribution in [0.15, 0.2) is 158 Å². The zero-order valence-electron chi connectivity index (χ0n) is 46.1. The molecular formula is C63H103N2O6P. The molecule has 0 aromatic rings. The quantitative estimate of drug-likeness (QED) is 0.0272. The molecule has 0 spiro atoms. The van der Waals surface area contributed by atoms with Crippen LogP contribution in [-0.4, -0.2) is 68.5 Å². The van der Waals surface area contributed by atoms with Crippen molar-refractivity contribution >= 4 is 13.7 Å². The lowest BCUT2D eigenvalue weighted by Crippen LogP contribution is -2.45. The lowest BCUT2D eigenvalue weighted by molar-refractivity contribution is -0.870. The molecular weight excluding hydrogens is 912 g/mol. The number of phosphoric acid groups is 1. The summed E-state index contributed by atoms with van der Waals surface area (Å²) in [6.45, 7) is 4.45. The normalized spacial score (nSPS) is 15.2. The smallest absolute Gasteiger partial charge is 0.268 e. The van der Waals surface area contributed by atoms with E-state index in [4.69, 9.17) is 9.05 Å². The summed E-state index contributed by atoms with van der Waals surface area (Å²) >= 11 is 0. The highest BCUT2D eigenvalue weighted by Gasteiger charge is 2.23. The number of likely N-dealkylation sites (N-methyl/N-ethyl adjacent to an activating group) is 1. The van der Waals surface area contributed by atoms with E-state index < -0.39 is 26.6 Å². The number of quaternary nitrogens is 1. The van der Waals surface area contributed by atoms with Crippen LogP contribution in [0.2, 0.25) is 0 Å². The summed E-state index contributed by atoms with van der Waals surface area (Å²) in [4.78, 5) is 25.4. The Morgan fingerprint density at radius 3 is 1.24 bits per heavy atom. The number of hydrogen-bond donors (Lipinski definition) is 2. The third kappa shape index (κ3) is 53.9. The van der Waals surface area contributed by atoms with Gasteiger partial charge in [0.15, 0.2) is 0 Å². The molecule has 0 saturated carbocycles. The lowest BCUT2D eigenvalue weighted by atomic mass is 10.1. The Kier molecular flexibility index (Phi) is 49.2. The van der Waals surface area contributed by atoms with Crippen molar-refractivity contribution in [2.75, 3.05) is 40.9 Å². The summed E-state index contributed by atoms with van der Waals surface area (Å²) in [7, 11) is 1.20. The van der Waals surface area contributed by atoms with Crippen LogP contribution in [0.3, 0.4) is 0 Å². The molecule has 0 radical (unpaired) electrons. The first kappa shape index (κ1) is 68.1. The van der Waals surface area contributed by atoms with Gasteiger partial charge in [-0.3, -0.25) is 9.36 Å². The Morgan fingerprint density at radius 1 is 0.500 bits per heavy atom. The van der Waals surface area contributed by atoms with E-state index in [1.807, 2.05) is 27.2 Å². The van der Waals surface area contributed by atoms with Crippen molar-refractivity contribution in [3.8, 4) is 0 Å². The van der Waals surface area contributed by atoms with Crippen LogP contribution in [0.5, 0.6) is 0 Å². The Hall–Kier alpha value is -3.88. The molecule has 8 nitrogen and oxygen atoms in total. The predicted molar refractivity (Wildman–Crippen MR) is 311 cm³/mol. The van der Waals surface area contributed by atoms with Gasteiger partial charge in [-0.25, -0.2) is 0 Å². The number of amides is 1. The molecule has 0 aliphatic heterocycles. The van der Waals surface area contributed by atoms with Gasteiger partial charge in [0, 0.05) is 6.42 Å². The molecule has 0 aliphatic carbocycles. The van der Waals surface area contributed by atoms with E-state index >= 15 is 0 Å². The summed E-state index contributed by atoms with van der Waals surface area (Å²) in [5.74, 6) is -0.249. The van der Waals surface area contributed by atoms with Crippen LogP contribution in [0.1, 0.15) is 181 Å². The van der Waals surface area contributed by atoms with Gasteiger partial charge in [-0.2, -0.15) is 0 Å². The van der Waals surface area contributed by atoms with Crippen LogP contribution in [0.4, 0.5) is 0 Å². The van der Waals surface area contributed by atoms with Crippen LogP contribution < -0.4 is 10.2 Å². The average molecular weight is 1020 g/mol. The fourth-order valence-corrected chi connectivity index (χ4v) is 7.62. The van der Waals surface area contributed by atoms with Crippen molar-refractivity contribution in [3.63, 3.8) is 0 Å². The topological polar surface area (TPSA) is 108 Å². The number of phosphoric ester groups is 1. The number of rotatable bonds is 48. The van der Waals surface area contributed by atoms with E-state index in [2.05, 4.69) is 165 Å². The standard InChI is InChI=1S/C63H103N2O6P/c1-6-8-10-12-14-16-18-19-20-21-22-23-24-25-26-27-28-29-30-31-32-33-34-35-36-37-38-39-40-41-42-43-44-45-47-49-51-53-55-57-63(67)64-61(60-71-72(68,69)70-59-58-65(3,4)5)62(66)56-54-52-50-48-46-17-15-13-11-9-7-2/h8,10,14,16,19-20,22-23,25-26,28-29,31-32,34-35,37-38,40-41,43-44,47,49,54,56,61-62,66H,6-7,9,11-13,15,17-18,21,24,27,30,33,36,39,42,45-46,48,50-53,55,57-60H2,1-5H3,(H-,64,67,68,69)/b10-8-,16-14-,20-19-,23-22-,26-25-,29-28-,32-31-,35-34-,38-37-,41-40-,44-43-,49-47-,56-54+. The van der Waals surface area contributed by atoms with E-state index in [0.29, 0.717) is 17.4 Å². The third-order valence-corrected chi connectivity index (χ3v) is 12.2. The number of nitrogens with one attached hydrogen (secondary N) is 1. The van der Waals surface area contributed by atoms with Crippen LogP contribution >= 0.6 is 7.82 Å². The van der Waals surface area contributed by atoms with Crippen molar-refractivity contribution < 1.29 is 32.9 Å². The second-order valence-electron chi connectivity index (χ2n) is 19.2. The van der Waals surface area contributed by atoms with E-state index in [1.165, 1.54) is 44.9 Å². The third-order valence-electron chi connectivity index (χ3n) is 11.2. The number of allylic oxidation sites excluding steroid dienone is 25. The largest absolute Gasteiger partial charge is 0.756 e. The second kappa shape index (κ2) is 52.0. The highest BCUT2D eigenvalue weighted by molar-refractivity contribution is 7.45. The molecule has 1 amide bonds. The average Bonchev–Trinajstić information content (AvgIpc) is 3.34. The zero-order valence-corrected chi connectivity index (χ0v) is 46.9. The molecule has 2 N–H and O–H groups in total. The molecule has 0 aromatic heterocycles. The molecule has 0 heterocycles. The van der Waals surface area contributed by atoms with Gasteiger partial charge in [-0.1, -0.05) is 223 Å². The highest BCUT2D eigenvalue weighted by Crippen LogP contribution is 2.38. The van der Waals surface area contributed by atoms with Gasteiger partial charge in [0.2, 0.25) is 5.91 Å². The predicted octanol–water partition coefficient (Wildman–Crippen LogP) is 16.5. The van der Waals surface area contributed by atoms with E-state index in [9.17, 15) is 19.4 Å². The van der Waals surface area contributed by atoms with Crippen LogP contribution in [0.25, 0.3) is 0 Å². The van der Waals surface area contributed by atoms with Gasteiger partial charge < -0.3 is 28.8 Å². The van der Waals surface area contributed by atoms with Crippen molar-refractivity contribution in [1.29, 1.82) is 0 Å². The minimum Gasteiger partial charge on any atom is -0.756 e. The van der Waals surface area contributed by atoms with Crippen molar-refractivity contribution in [1.82, 2.24) is 5.32 Å². The summed E-state index contributed by atoms with van der Waals surface area (Å²) in [6.07, 6.45) is 81.9. The molecule has 72 heavy (non-hydrogen) atoms. The Bertz CT molecular complexity index is 1720. The molecule has 3 unspecified atom stereocenters. The number of nitrogens with zero attached hydrogens (tertiary/aromatic N) is 1. The molecule has 9 heteroatoms. The maximum Gasteiger partial charge on any atom is 0.268 e. The summed E-state index contributed by atoms with van der Waals surface area (Å²) in [5.41, 5.74) is 0. The molecule has 0 bridgehead atoms. The summed E-state index contributed by atoms with van der Waals surface area (Å²) < 4.78 is 23.2. The Balaban J connectivity index is 4.24. The number of carbonyl (C=O) groups is 1. The van der Waals surface area contributed by atoms with Gasteiger partial charge in [0.05, 0.1) is 39.9 Å². The van der Waals surface area contributed by atoms with Crippen LogP contribution in [0, 0.1) is 0 Å². The molecule has 406 valence electrons. The van der Waals surface area contributed by atoms with Gasteiger partial charge in [-0.15, -0.1) is 0 Å². The number of aliphatic hydroxyl groups excluding tert-OH is 1. The summed E-state index contributed by atoms with van der Waals surface area (Å²) in [5, 5.41) is 13.8. The molecule has 0 saturated heterocycles. The lowest BCUT2D eigenvalue weighted by Gasteiger charge is -2.29. The second-order valence-corrected chi connectivity index (χ2v) is 20.6. The van der Waals surface area contributed by atoms with Crippen molar-refractivity contribution in [2.24, 2.45) is 0 Å². The number of hydrogen-bond acceptors (Lipinski definition) is 6.